The molecule has 1 fully saturated rings. The zero-order valence-corrected chi connectivity index (χ0v) is 9.99. The second kappa shape index (κ2) is 4.98. The van der Waals surface area contributed by atoms with Gasteiger partial charge >= 0.3 is 0 Å². The summed E-state index contributed by atoms with van der Waals surface area (Å²) in [7, 11) is 0. The molecule has 1 aliphatic heterocycles. The molecule has 0 saturated carbocycles. The summed E-state index contributed by atoms with van der Waals surface area (Å²) in [6, 6.07) is 10.4. The van der Waals surface area contributed by atoms with Crippen LogP contribution in [0.25, 0.3) is 0 Å². The topological polar surface area (TPSA) is 35.2 Å². The lowest BCUT2D eigenvalue weighted by atomic mass is 9.83. The fourth-order valence-electron chi connectivity index (χ4n) is 2.45. The molecule has 1 aromatic carbocycles. The average Bonchev–Trinajstić information content (AvgIpc) is 2.83. The molecule has 0 aromatic heterocycles. The molecule has 88 valence electrons. The van der Waals surface area contributed by atoms with E-state index in [4.69, 9.17) is 10.5 Å². The van der Waals surface area contributed by atoms with E-state index in [-0.39, 0.29) is 5.54 Å². The summed E-state index contributed by atoms with van der Waals surface area (Å²) in [6.45, 7) is 3.06. The molecule has 0 aliphatic carbocycles. The molecule has 16 heavy (non-hydrogen) atoms. The molecule has 0 radical (unpaired) electrons. The standard InChI is InChI=1S/C14H21NO/c1-2-14(15,11-13-9-6-10-16-13)12-7-4-3-5-8-12/h3-5,7-8,13H,2,6,9-11,15H2,1H3. The van der Waals surface area contributed by atoms with Gasteiger partial charge < -0.3 is 10.5 Å². The Morgan fingerprint density at radius 3 is 2.69 bits per heavy atom. The third-order valence-electron chi connectivity index (χ3n) is 3.60. The highest BCUT2D eigenvalue weighted by molar-refractivity contribution is 5.24. The molecule has 1 heterocycles. The Bertz CT molecular complexity index is 319. The van der Waals surface area contributed by atoms with Gasteiger partial charge in [-0.15, -0.1) is 0 Å². The molecule has 0 spiro atoms. The van der Waals surface area contributed by atoms with Gasteiger partial charge in [0.25, 0.3) is 0 Å². The summed E-state index contributed by atoms with van der Waals surface area (Å²) < 4.78 is 5.69. The lowest BCUT2D eigenvalue weighted by Gasteiger charge is -2.31. The molecule has 1 saturated heterocycles. The molecular weight excluding hydrogens is 198 g/mol. The quantitative estimate of drug-likeness (QED) is 0.845. The van der Waals surface area contributed by atoms with Crippen LogP contribution in [0.15, 0.2) is 30.3 Å². The van der Waals surface area contributed by atoms with E-state index in [0.29, 0.717) is 6.10 Å². The van der Waals surface area contributed by atoms with Crippen LogP contribution >= 0.6 is 0 Å². The molecule has 1 aliphatic rings. The largest absolute Gasteiger partial charge is 0.378 e. The van der Waals surface area contributed by atoms with Gasteiger partial charge in [0.2, 0.25) is 0 Å². The summed E-state index contributed by atoms with van der Waals surface area (Å²) in [6.07, 6.45) is 4.58. The summed E-state index contributed by atoms with van der Waals surface area (Å²) in [5.74, 6) is 0. The van der Waals surface area contributed by atoms with E-state index >= 15 is 0 Å². The van der Waals surface area contributed by atoms with Crippen LogP contribution in [0.3, 0.4) is 0 Å². The van der Waals surface area contributed by atoms with Gasteiger partial charge in [0.1, 0.15) is 0 Å². The van der Waals surface area contributed by atoms with Crippen LogP contribution in [0.2, 0.25) is 0 Å². The van der Waals surface area contributed by atoms with Gasteiger partial charge in [0, 0.05) is 12.1 Å². The summed E-state index contributed by atoms with van der Waals surface area (Å²) in [5.41, 5.74) is 7.52. The fourth-order valence-corrected chi connectivity index (χ4v) is 2.45. The Labute approximate surface area is 97.8 Å². The molecule has 2 nitrogen and oxygen atoms in total. The monoisotopic (exact) mass is 219 g/mol. The summed E-state index contributed by atoms with van der Waals surface area (Å²) in [4.78, 5) is 0. The third-order valence-corrected chi connectivity index (χ3v) is 3.60. The lowest BCUT2D eigenvalue weighted by molar-refractivity contribution is 0.0815. The van der Waals surface area contributed by atoms with Crippen molar-refractivity contribution in [2.24, 2.45) is 5.73 Å². The van der Waals surface area contributed by atoms with Crippen LogP contribution in [0.4, 0.5) is 0 Å². The van der Waals surface area contributed by atoms with Gasteiger partial charge in [-0.2, -0.15) is 0 Å². The molecular formula is C14H21NO. The van der Waals surface area contributed by atoms with Crippen LogP contribution in [0.5, 0.6) is 0 Å². The van der Waals surface area contributed by atoms with E-state index in [1.807, 2.05) is 6.07 Å². The van der Waals surface area contributed by atoms with Gasteiger partial charge in [0.15, 0.2) is 0 Å². The highest BCUT2D eigenvalue weighted by Gasteiger charge is 2.30. The highest BCUT2D eigenvalue weighted by atomic mass is 16.5. The van der Waals surface area contributed by atoms with Crippen molar-refractivity contribution < 1.29 is 4.74 Å². The van der Waals surface area contributed by atoms with E-state index in [9.17, 15) is 0 Å². The Kier molecular flexibility index (Phi) is 3.62. The number of hydrogen-bond acceptors (Lipinski definition) is 2. The van der Waals surface area contributed by atoms with E-state index < -0.39 is 0 Å². The predicted octanol–water partition coefficient (Wildman–Crippen LogP) is 2.82. The van der Waals surface area contributed by atoms with Crippen molar-refractivity contribution in [2.45, 2.75) is 44.2 Å². The van der Waals surface area contributed by atoms with E-state index in [1.165, 1.54) is 12.0 Å². The SMILES string of the molecule is CCC(N)(CC1CCCO1)c1ccccc1. The van der Waals surface area contributed by atoms with E-state index in [0.717, 1.165) is 25.9 Å². The fraction of sp³-hybridized carbons (Fsp3) is 0.571. The van der Waals surface area contributed by atoms with Gasteiger partial charge in [-0.1, -0.05) is 37.3 Å². The number of rotatable bonds is 4. The van der Waals surface area contributed by atoms with Crippen molar-refractivity contribution in [3.8, 4) is 0 Å². The van der Waals surface area contributed by atoms with Crippen LogP contribution < -0.4 is 5.73 Å². The van der Waals surface area contributed by atoms with Crippen molar-refractivity contribution >= 4 is 0 Å². The Hall–Kier alpha value is -0.860. The van der Waals surface area contributed by atoms with Gasteiger partial charge in [-0.05, 0) is 31.2 Å². The lowest BCUT2D eigenvalue weighted by Crippen LogP contribution is -2.39. The zero-order valence-electron chi connectivity index (χ0n) is 9.99. The van der Waals surface area contributed by atoms with Crippen LogP contribution in [0, 0.1) is 0 Å². The average molecular weight is 219 g/mol. The van der Waals surface area contributed by atoms with Gasteiger partial charge in [-0.25, -0.2) is 0 Å². The molecule has 2 heteroatoms. The third kappa shape index (κ3) is 2.45. The molecule has 0 amide bonds. The Morgan fingerprint density at radius 1 is 1.38 bits per heavy atom. The predicted molar refractivity (Wildman–Crippen MR) is 66.2 cm³/mol. The van der Waals surface area contributed by atoms with Gasteiger partial charge in [0.05, 0.1) is 6.10 Å². The second-order valence-electron chi connectivity index (χ2n) is 4.71. The van der Waals surface area contributed by atoms with Crippen LogP contribution in [-0.2, 0) is 10.3 Å². The first kappa shape index (κ1) is 11.6. The summed E-state index contributed by atoms with van der Waals surface area (Å²) in [5, 5.41) is 0. The number of benzene rings is 1. The van der Waals surface area contributed by atoms with Crippen molar-refractivity contribution in [1.82, 2.24) is 0 Å². The normalized spacial score (nSPS) is 24.2. The maximum Gasteiger partial charge on any atom is 0.0596 e. The van der Waals surface area contributed by atoms with Crippen molar-refractivity contribution in [3.05, 3.63) is 35.9 Å². The number of nitrogens with two attached hydrogens (primary N) is 1. The van der Waals surface area contributed by atoms with Crippen molar-refractivity contribution in [1.29, 1.82) is 0 Å². The molecule has 1 aromatic rings. The Morgan fingerprint density at radius 2 is 2.12 bits per heavy atom. The maximum absolute atomic E-state index is 6.52. The molecule has 2 N–H and O–H groups in total. The summed E-state index contributed by atoms with van der Waals surface area (Å²) >= 11 is 0. The minimum atomic E-state index is -0.226. The first-order valence-electron chi connectivity index (χ1n) is 6.20. The molecule has 2 atom stereocenters. The van der Waals surface area contributed by atoms with Crippen molar-refractivity contribution in [3.63, 3.8) is 0 Å². The van der Waals surface area contributed by atoms with Crippen LogP contribution in [-0.4, -0.2) is 12.7 Å². The minimum Gasteiger partial charge on any atom is -0.378 e. The van der Waals surface area contributed by atoms with E-state index in [2.05, 4.69) is 31.2 Å². The van der Waals surface area contributed by atoms with E-state index in [1.54, 1.807) is 0 Å². The molecule has 2 unspecified atom stereocenters. The van der Waals surface area contributed by atoms with Crippen molar-refractivity contribution in [2.75, 3.05) is 6.61 Å². The molecule has 2 rings (SSSR count). The van der Waals surface area contributed by atoms with Crippen LogP contribution in [0.1, 0.15) is 38.2 Å². The highest BCUT2D eigenvalue weighted by Crippen LogP contribution is 2.31. The minimum absolute atomic E-state index is 0.226. The van der Waals surface area contributed by atoms with Gasteiger partial charge in [-0.3, -0.25) is 0 Å². The Balaban J connectivity index is 2.12. The maximum atomic E-state index is 6.52. The smallest absolute Gasteiger partial charge is 0.0596 e. The number of ether oxygens (including phenoxy) is 1. The second-order valence-corrected chi connectivity index (χ2v) is 4.71. The number of hydrogen-bond donors (Lipinski definition) is 1. The zero-order chi connectivity index (χ0) is 11.4. The molecule has 0 bridgehead atoms. The first-order chi connectivity index (χ1) is 7.74. The first-order valence-corrected chi connectivity index (χ1v) is 6.20.